The van der Waals surface area contributed by atoms with Crippen LogP contribution in [0, 0.1) is 12.3 Å². The molecule has 1 aromatic rings. The van der Waals surface area contributed by atoms with Crippen molar-refractivity contribution in [1.29, 1.82) is 0 Å². The maximum absolute atomic E-state index is 12.5. The number of aliphatic hydroxyl groups is 1. The second kappa shape index (κ2) is 5.66. The number of aliphatic hydroxyl groups excluding tert-OH is 1. The van der Waals surface area contributed by atoms with Gasteiger partial charge in [-0.05, 0) is 26.7 Å². The third-order valence-electron chi connectivity index (χ3n) is 5.03. The van der Waals surface area contributed by atoms with Gasteiger partial charge in [-0.2, -0.15) is 0 Å². The van der Waals surface area contributed by atoms with Crippen molar-refractivity contribution < 1.29 is 14.6 Å². The van der Waals surface area contributed by atoms with E-state index in [1.165, 1.54) is 11.3 Å². The molecule has 21 heavy (non-hydrogen) atoms. The molecule has 116 valence electrons. The van der Waals surface area contributed by atoms with Crippen LogP contribution in [0.2, 0.25) is 0 Å². The fraction of sp³-hybridized carbons (Fsp3) is 0.733. The molecule has 0 radical (unpaired) electrons. The largest absolute Gasteiger partial charge is 0.392 e. The number of amides is 1. The van der Waals surface area contributed by atoms with Gasteiger partial charge >= 0.3 is 0 Å². The molecule has 5 nitrogen and oxygen atoms in total. The van der Waals surface area contributed by atoms with Crippen molar-refractivity contribution in [1.82, 2.24) is 9.88 Å². The number of hydrogen-bond donors (Lipinski definition) is 1. The molecule has 3 rings (SSSR count). The molecule has 6 heteroatoms. The van der Waals surface area contributed by atoms with E-state index in [0.717, 1.165) is 29.8 Å². The summed E-state index contributed by atoms with van der Waals surface area (Å²) < 4.78 is 5.76. The first-order valence-electron chi connectivity index (χ1n) is 7.57. The molecule has 0 bridgehead atoms. The van der Waals surface area contributed by atoms with E-state index in [1.807, 2.05) is 18.7 Å². The number of thiazole rings is 1. The van der Waals surface area contributed by atoms with Crippen molar-refractivity contribution in [3.8, 4) is 0 Å². The molecule has 1 aliphatic heterocycles. The average Bonchev–Trinajstić information content (AvgIpc) is 2.92. The van der Waals surface area contributed by atoms with Gasteiger partial charge in [-0.3, -0.25) is 4.79 Å². The number of nitrogens with zero attached hydrogens (tertiary/aromatic N) is 2. The van der Waals surface area contributed by atoms with Crippen LogP contribution in [-0.4, -0.2) is 52.8 Å². The molecule has 1 spiro atoms. The zero-order valence-electron chi connectivity index (χ0n) is 12.5. The van der Waals surface area contributed by atoms with E-state index in [9.17, 15) is 9.90 Å². The molecule has 1 N–H and O–H groups in total. The first-order chi connectivity index (χ1) is 10.1. The Morgan fingerprint density at radius 2 is 2.29 bits per heavy atom. The molecule has 1 saturated heterocycles. The van der Waals surface area contributed by atoms with E-state index >= 15 is 0 Å². The third kappa shape index (κ3) is 2.39. The van der Waals surface area contributed by atoms with Gasteiger partial charge in [0, 0.05) is 31.5 Å². The third-order valence-corrected chi connectivity index (χ3v) is 5.95. The first-order valence-corrected chi connectivity index (χ1v) is 8.45. The van der Waals surface area contributed by atoms with Crippen molar-refractivity contribution in [3.63, 3.8) is 0 Å². The lowest BCUT2D eigenvalue weighted by Gasteiger charge is -2.56. The topological polar surface area (TPSA) is 62.7 Å². The highest BCUT2D eigenvalue weighted by Gasteiger charge is 2.56. The van der Waals surface area contributed by atoms with Crippen LogP contribution in [0.15, 0.2) is 5.51 Å². The standard InChI is InChI=1S/C15H22N2O3S/c1-3-20-12-8-11(18)15(12)4-6-17(7-5-15)14(19)13-10(2)16-9-21-13/h9,11-12,18H,3-8H2,1-2H3/t11-,12+/m0/s1. The van der Waals surface area contributed by atoms with Crippen molar-refractivity contribution in [3.05, 3.63) is 16.1 Å². The van der Waals surface area contributed by atoms with E-state index in [4.69, 9.17) is 4.74 Å². The number of rotatable bonds is 3. The quantitative estimate of drug-likeness (QED) is 0.925. The van der Waals surface area contributed by atoms with Gasteiger partial charge in [0.1, 0.15) is 4.88 Å². The Morgan fingerprint density at radius 1 is 1.57 bits per heavy atom. The van der Waals surface area contributed by atoms with Crippen LogP contribution < -0.4 is 0 Å². The minimum atomic E-state index is -0.281. The molecule has 0 unspecified atom stereocenters. The lowest BCUT2D eigenvalue weighted by molar-refractivity contribution is -0.207. The van der Waals surface area contributed by atoms with Gasteiger partial charge in [0.25, 0.3) is 5.91 Å². The maximum atomic E-state index is 12.5. The summed E-state index contributed by atoms with van der Waals surface area (Å²) in [5, 5.41) is 10.2. The van der Waals surface area contributed by atoms with E-state index in [-0.39, 0.29) is 23.5 Å². The van der Waals surface area contributed by atoms with E-state index in [0.29, 0.717) is 19.7 Å². The summed E-state index contributed by atoms with van der Waals surface area (Å²) in [4.78, 5) is 19.3. The smallest absolute Gasteiger partial charge is 0.265 e. The molecular formula is C15H22N2O3S. The molecule has 2 aliphatic rings. The first kappa shape index (κ1) is 14.9. The SMILES string of the molecule is CCO[C@@H]1C[C@H](O)C12CCN(C(=O)c1scnc1C)CC2. The molecule has 1 saturated carbocycles. The van der Waals surface area contributed by atoms with Crippen molar-refractivity contribution in [2.45, 2.75) is 45.3 Å². The van der Waals surface area contributed by atoms with Crippen molar-refractivity contribution in [2.75, 3.05) is 19.7 Å². The average molecular weight is 310 g/mol. The highest BCUT2D eigenvalue weighted by Crippen LogP contribution is 2.51. The fourth-order valence-electron chi connectivity index (χ4n) is 3.59. The number of carbonyl (C=O) groups is 1. The summed E-state index contributed by atoms with van der Waals surface area (Å²) in [5.74, 6) is 0.0756. The Hall–Kier alpha value is -0.980. The highest BCUT2D eigenvalue weighted by molar-refractivity contribution is 7.11. The Morgan fingerprint density at radius 3 is 2.81 bits per heavy atom. The second-order valence-corrected chi connectivity index (χ2v) is 6.84. The van der Waals surface area contributed by atoms with E-state index in [2.05, 4.69) is 4.98 Å². The van der Waals surface area contributed by atoms with Gasteiger partial charge in [-0.15, -0.1) is 11.3 Å². The molecule has 2 atom stereocenters. The number of hydrogen-bond acceptors (Lipinski definition) is 5. The molecule has 1 amide bonds. The number of aryl methyl sites for hydroxylation is 1. The van der Waals surface area contributed by atoms with Crippen LogP contribution >= 0.6 is 11.3 Å². The number of piperidine rings is 1. The van der Waals surface area contributed by atoms with Crippen molar-refractivity contribution in [2.24, 2.45) is 5.41 Å². The Kier molecular flexibility index (Phi) is 4.03. The molecular weight excluding hydrogens is 288 g/mol. The summed E-state index contributed by atoms with van der Waals surface area (Å²) in [6, 6.07) is 0. The zero-order valence-corrected chi connectivity index (χ0v) is 13.4. The minimum absolute atomic E-state index is 0.0756. The predicted octanol–water partition coefficient (Wildman–Crippen LogP) is 1.84. The molecule has 0 aromatic carbocycles. The monoisotopic (exact) mass is 310 g/mol. The zero-order chi connectivity index (χ0) is 15.0. The summed E-state index contributed by atoms with van der Waals surface area (Å²) in [6.07, 6.45) is 2.25. The Bertz CT molecular complexity index is 521. The van der Waals surface area contributed by atoms with Crippen LogP contribution in [0.3, 0.4) is 0 Å². The molecule has 1 aromatic heterocycles. The van der Waals surface area contributed by atoms with Crippen LogP contribution in [0.1, 0.15) is 41.6 Å². The van der Waals surface area contributed by atoms with Gasteiger partial charge < -0.3 is 14.7 Å². The summed E-state index contributed by atoms with van der Waals surface area (Å²) in [6.45, 7) is 5.93. The molecule has 1 aliphatic carbocycles. The summed E-state index contributed by atoms with van der Waals surface area (Å²) in [7, 11) is 0. The Balaban J connectivity index is 1.65. The number of aromatic nitrogens is 1. The fourth-order valence-corrected chi connectivity index (χ4v) is 4.36. The van der Waals surface area contributed by atoms with Gasteiger partial charge in [0.05, 0.1) is 23.4 Å². The maximum Gasteiger partial charge on any atom is 0.265 e. The molecule has 2 fully saturated rings. The van der Waals surface area contributed by atoms with Gasteiger partial charge in [-0.1, -0.05) is 0 Å². The highest BCUT2D eigenvalue weighted by atomic mass is 32.1. The second-order valence-electron chi connectivity index (χ2n) is 5.99. The normalized spacial score (nSPS) is 27.7. The van der Waals surface area contributed by atoms with Crippen LogP contribution in [0.5, 0.6) is 0 Å². The predicted molar refractivity (Wildman–Crippen MR) is 80.5 cm³/mol. The van der Waals surface area contributed by atoms with Crippen molar-refractivity contribution >= 4 is 17.2 Å². The number of likely N-dealkylation sites (tertiary alicyclic amines) is 1. The lowest BCUT2D eigenvalue weighted by atomic mass is 9.58. The van der Waals surface area contributed by atoms with E-state index in [1.54, 1.807) is 5.51 Å². The Labute approximate surface area is 128 Å². The summed E-state index contributed by atoms with van der Waals surface area (Å²) in [5.41, 5.74) is 2.39. The number of ether oxygens (including phenoxy) is 1. The summed E-state index contributed by atoms with van der Waals surface area (Å²) >= 11 is 1.40. The van der Waals surface area contributed by atoms with Crippen LogP contribution in [0.4, 0.5) is 0 Å². The van der Waals surface area contributed by atoms with Crippen LogP contribution in [-0.2, 0) is 4.74 Å². The minimum Gasteiger partial charge on any atom is -0.392 e. The molecule has 2 heterocycles. The van der Waals surface area contributed by atoms with E-state index < -0.39 is 0 Å². The van der Waals surface area contributed by atoms with Gasteiger partial charge in [0.2, 0.25) is 0 Å². The van der Waals surface area contributed by atoms with Gasteiger partial charge in [0.15, 0.2) is 0 Å². The number of carbonyl (C=O) groups excluding carboxylic acids is 1. The lowest BCUT2D eigenvalue weighted by Crippen LogP contribution is -2.62. The van der Waals surface area contributed by atoms with Crippen LogP contribution in [0.25, 0.3) is 0 Å². The van der Waals surface area contributed by atoms with Gasteiger partial charge in [-0.25, -0.2) is 4.98 Å².